The highest BCUT2D eigenvalue weighted by Gasteiger charge is 2.08. The minimum Gasteiger partial charge on any atom is -0.493 e. The number of ether oxygens (including phenoxy) is 2. The Balaban J connectivity index is 2.15. The highest BCUT2D eigenvalue weighted by molar-refractivity contribution is 9.08. The molecule has 0 aliphatic heterocycles. The fourth-order valence-corrected chi connectivity index (χ4v) is 2.39. The van der Waals surface area contributed by atoms with Crippen LogP contribution in [-0.4, -0.2) is 7.11 Å². The van der Waals surface area contributed by atoms with Crippen molar-refractivity contribution in [1.29, 1.82) is 5.26 Å². The van der Waals surface area contributed by atoms with E-state index in [1.165, 1.54) is 0 Å². The van der Waals surface area contributed by atoms with E-state index in [0.29, 0.717) is 28.7 Å². The minimum absolute atomic E-state index is 0.314. The van der Waals surface area contributed by atoms with Crippen LogP contribution in [-0.2, 0) is 11.9 Å². The van der Waals surface area contributed by atoms with Crippen LogP contribution in [0.3, 0.4) is 0 Å². The summed E-state index contributed by atoms with van der Waals surface area (Å²) in [4.78, 5) is 0. The Morgan fingerprint density at radius 1 is 1.19 bits per heavy atom. The molecule has 2 aromatic rings. The molecule has 0 spiro atoms. The van der Waals surface area contributed by atoms with Crippen LogP contribution in [0.2, 0.25) is 5.02 Å². The lowest BCUT2D eigenvalue weighted by atomic mass is 10.1. The first-order chi connectivity index (χ1) is 10.2. The van der Waals surface area contributed by atoms with E-state index in [-0.39, 0.29) is 0 Å². The summed E-state index contributed by atoms with van der Waals surface area (Å²) in [6.45, 7) is 0.314. The van der Waals surface area contributed by atoms with E-state index in [4.69, 9.17) is 26.3 Å². The summed E-state index contributed by atoms with van der Waals surface area (Å²) in [5.74, 6) is 1.33. The van der Waals surface area contributed by atoms with Crippen LogP contribution >= 0.6 is 27.5 Å². The maximum Gasteiger partial charge on any atom is 0.161 e. The zero-order chi connectivity index (χ0) is 15.2. The molecule has 0 heterocycles. The Labute approximate surface area is 137 Å². The molecule has 21 heavy (non-hydrogen) atoms. The average molecular weight is 367 g/mol. The van der Waals surface area contributed by atoms with Gasteiger partial charge in [-0.1, -0.05) is 39.7 Å². The van der Waals surface area contributed by atoms with Crippen LogP contribution in [0.1, 0.15) is 16.7 Å². The predicted molar refractivity (Wildman–Crippen MR) is 86.1 cm³/mol. The third-order valence-corrected chi connectivity index (χ3v) is 3.95. The van der Waals surface area contributed by atoms with Gasteiger partial charge in [0.15, 0.2) is 11.5 Å². The van der Waals surface area contributed by atoms with E-state index >= 15 is 0 Å². The van der Waals surface area contributed by atoms with Crippen molar-refractivity contribution in [2.75, 3.05) is 7.11 Å². The maximum atomic E-state index is 8.82. The summed E-state index contributed by atoms with van der Waals surface area (Å²) in [5, 5.41) is 10.1. The summed E-state index contributed by atoms with van der Waals surface area (Å²) in [7, 11) is 1.61. The monoisotopic (exact) mass is 365 g/mol. The fourth-order valence-electron chi connectivity index (χ4n) is 1.80. The van der Waals surface area contributed by atoms with Crippen LogP contribution in [0.25, 0.3) is 0 Å². The van der Waals surface area contributed by atoms with Crippen molar-refractivity contribution in [2.24, 2.45) is 0 Å². The molecule has 5 heteroatoms. The molecule has 0 saturated carbocycles. The van der Waals surface area contributed by atoms with Crippen LogP contribution < -0.4 is 9.47 Å². The molecule has 0 unspecified atom stereocenters. The summed E-state index contributed by atoms with van der Waals surface area (Å²) < 4.78 is 11.1. The molecule has 0 aliphatic carbocycles. The van der Waals surface area contributed by atoms with E-state index in [1.807, 2.05) is 18.2 Å². The smallest absolute Gasteiger partial charge is 0.161 e. The molecule has 0 fully saturated rings. The van der Waals surface area contributed by atoms with Gasteiger partial charge in [0.2, 0.25) is 0 Å². The van der Waals surface area contributed by atoms with Crippen molar-refractivity contribution < 1.29 is 9.47 Å². The molecule has 0 bridgehead atoms. The van der Waals surface area contributed by atoms with Crippen molar-refractivity contribution in [3.63, 3.8) is 0 Å². The van der Waals surface area contributed by atoms with E-state index in [1.54, 1.807) is 25.3 Å². The number of benzene rings is 2. The number of nitriles is 1. The second kappa shape index (κ2) is 7.35. The van der Waals surface area contributed by atoms with Gasteiger partial charge in [-0.3, -0.25) is 0 Å². The van der Waals surface area contributed by atoms with Gasteiger partial charge in [0.1, 0.15) is 6.61 Å². The Hall–Kier alpha value is -1.70. The Kier molecular flexibility index (Phi) is 5.49. The van der Waals surface area contributed by atoms with Gasteiger partial charge >= 0.3 is 0 Å². The quantitative estimate of drug-likeness (QED) is 0.721. The normalized spacial score (nSPS) is 10.0. The van der Waals surface area contributed by atoms with Gasteiger partial charge in [-0.25, -0.2) is 0 Å². The molecular formula is C16H13BrClNO2. The Morgan fingerprint density at radius 3 is 2.62 bits per heavy atom. The van der Waals surface area contributed by atoms with Crippen molar-refractivity contribution >= 4 is 27.5 Å². The molecule has 0 radical (unpaired) electrons. The summed E-state index contributed by atoms with van der Waals surface area (Å²) in [6.07, 6.45) is 0. The van der Waals surface area contributed by atoms with Gasteiger partial charge in [-0.2, -0.15) is 5.26 Å². The average Bonchev–Trinajstić information content (AvgIpc) is 2.53. The molecule has 108 valence electrons. The minimum atomic E-state index is 0.314. The summed E-state index contributed by atoms with van der Waals surface area (Å²) in [5.41, 5.74) is 2.46. The lowest BCUT2D eigenvalue weighted by molar-refractivity contribution is 0.284. The number of hydrogen-bond acceptors (Lipinski definition) is 3. The molecule has 0 N–H and O–H groups in total. The first-order valence-corrected chi connectivity index (χ1v) is 7.72. The number of hydrogen-bond donors (Lipinski definition) is 0. The topological polar surface area (TPSA) is 42.2 Å². The van der Waals surface area contributed by atoms with Gasteiger partial charge in [-0.15, -0.1) is 0 Å². The van der Waals surface area contributed by atoms with Gasteiger partial charge in [-0.05, 0) is 29.8 Å². The first-order valence-electron chi connectivity index (χ1n) is 6.22. The maximum absolute atomic E-state index is 8.82. The van der Waals surface area contributed by atoms with Gasteiger partial charge in [0.25, 0.3) is 0 Å². The number of alkyl halides is 1. The van der Waals surface area contributed by atoms with Gasteiger partial charge in [0.05, 0.1) is 18.7 Å². The highest BCUT2D eigenvalue weighted by Crippen LogP contribution is 2.30. The molecule has 0 amide bonds. The Bertz CT molecular complexity index is 682. The van der Waals surface area contributed by atoms with E-state index < -0.39 is 0 Å². The molecule has 2 rings (SSSR count). The van der Waals surface area contributed by atoms with E-state index in [2.05, 4.69) is 22.0 Å². The molecule has 0 saturated heterocycles. The van der Waals surface area contributed by atoms with Crippen LogP contribution in [0.4, 0.5) is 0 Å². The van der Waals surface area contributed by atoms with Crippen molar-refractivity contribution in [1.82, 2.24) is 0 Å². The van der Waals surface area contributed by atoms with Crippen LogP contribution in [0.15, 0.2) is 36.4 Å². The largest absolute Gasteiger partial charge is 0.493 e. The second-order valence-electron chi connectivity index (χ2n) is 4.33. The van der Waals surface area contributed by atoms with E-state index in [0.717, 1.165) is 16.5 Å². The fraction of sp³-hybridized carbons (Fsp3) is 0.188. The Morgan fingerprint density at radius 2 is 2.00 bits per heavy atom. The lowest BCUT2D eigenvalue weighted by Crippen LogP contribution is -1.99. The third-order valence-electron chi connectivity index (χ3n) is 2.95. The molecule has 2 aromatic carbocycles. The van der Waals surface area contributed by atoms with Crippen LogP contribution in [0, 0.1) is 11.3 Å². The molecule has 3 nitrogen and oxygen atoms in total. The second-order valence-corrected chi connectivity index (χ2v) is 5.29. The highest BCUT2D eigenvalue weighted by atomic mass is 79.9. The van der Waals surface area contributed by atoms with Gasteiger partial charge < -0.3 is 9.47 Å². The number of rotatable bonds is 5. The van der Waals surface area contributed by atoms with Crippen molar-refractivity contribution in [3.05, 3.63) is 58.1 Å². The summed E-state index contributed by atoms with van der Waals surface area (Å²) in [6, 6.07) is 12.9. The number of methoxy groups -OCH3 is 1. The SMILES string of the molecule is COc1cc(CBr)ccc1OCc1ccc(C#N)cc1Cl. The van der Waals surface area contributed by atoms with Crippen molar-refractivity contribution in [3.8, 4) is 17.6 Å². The van der Waals surface area contributed by atoms with Crippen molar-refractivity contribution in [2.45, 2.75) is 11.9 Å². The van der Waals surface area contributed by atoms with Gasteiger partial charge in [0, 0.05) is 15.9 Å². The first kappa shape index (κ1) is 15.7. The zero-order valence-electron chi connectivity index (χ0n) is 11.4. The van der Waals surface area contributed by atoms with Crippen LogP contribution in [0.5, 0.6) is 11.5 Å². The standard InChI is InChI=1S/C16H13BrClNO2/c1-20-16-7-11(8-17)3-5-15(16)21-10-13-4-2-12(9-19)6-14(13)18/h2-7H,8,10H2,1H3. The lowest BCUT2D eigenvalue weighted by Gasteiger charge is -2.12. The zero-order valence-corrected chi connectivity index (χ0v) is 13.7. The number of halogens is 2. The molecule has 0 aliphatic rings. The van der Waals surface area contributed by atoms with E-state index in [9.17, 15) is 0 Å². The summed E-state index contributed by atoms with van der Waals surface area (Å²) >= 11 is 9.53. The predicted octanol–water partition coefficient (Wildman–Crippen LogP) is 4.69. The number of nitrogens with zero attached hydrogens (tertiary/aromatic N) is 1. The molecule has 0 aromatic heterocycles. The molecular weight excluding hydrogens is 354 g/mol. The molecule has 0 atom stereocenters. The third kappa shape index (κ3) is 3.90.